The lowest BCUT2D eigenvalue weighted by atomic mass is 10.1. The molecule has 5 nitrogen and oxygen atoms in total. The zero-order valence-corrected chi connectivity index (χ0v) is 23.7. The molecule has 4 aromatic heterocycles. The first kappa shape index (κ1) is 24.1. The highest BCUT2D eigenvalue weighted by atomic mass is 32.1. The Hall–Kier alpha value is -5.59. The van der Waals surface area contributed by atoms with Gasteiger partial charge >= 0.3 is 0 Å². The Morgan fingerprint density at radius 3 is 1.95 bits per heavy atom. The fourth-order valence-corrected chi connectivity index (χ4v) is 7.44. The summed E-state index contributed by atoms with van der Waals surface area (Å²) in [5.74, 6) is 1.61. The largest absolute Gasteiger partial charge is 0.308 e. The minimum atomic E-state index is 0.799. The maximum absolute atomic E-state index is 4.88. The normalized spacial score (nSPS) is 11.7. The summed E-state index contributed by atoms with van der Waals surface area (Å²) in [5, 5.41) is 13.1. The number of thiophene rings is 1. The van der Waals surface area contributed by atoms with Crippen molar-refractivity contribution >= 4 is 53.4 Å². The Kier molecular flexibility index (Phi) is 5.30. The van der Waals surface area contributed by atoms with Crippen molar-refractivity contribution in [1.29, 1.82) is 0 Å². The number of nitrogens with zero attached hydrogens (tertiary/aromatic N) is 5. The second-order valence-electron chi connectivity index (χ2n) is 10.6. The van der Waals surface area contributed by atoms with E-state index in [1.54, 1.807) is 0 Å². The second-order valence-corrected chi connectivity index (χ2v) is 11.6. The number of hydrogen-bond donors (Lipinski definition) is 0. The molecule has 0 radical (unpaired) electrons. The van der Waals surface area contributed by atoms with E-state index in [2.05, 4.69) is 110 Å². The van der Waals surface area contributed by atoms with Crippen molar-refractivity contribution in [2.75, 3.05) is 0 Å². The van der Waals surface area contributed by atoms with Gasteiger partial charge in [0.25, 0.3) is 0 Å². The first-order chi connectivity index (χ1) is 21.3. The third-order valence-electron chi connectivity index (χ3n) is 8.12. The molecule has 0 unspecified atom stereocenters. The van der Waals surface area contributed by atoms with E-state index in [4.69, 9.17) is 4.98 Å². The van der Waals surface area contributed by atoms with E-state index in [-0.39, 0.29) is 0 Å². The van der Waals surface area contributed by atoms with Crippen LogP contribution < -0.4 is 0 Å². The summed E-state index contributed by atoms with van der Waals surface area (Å²) in [6.45, 7) is 0. The molecule has 4 heterocycles. The maximum Gasteiger partial charge on any atom is 0.168 e. The van der Waals surface area contributed by atoms with E-state index in [0.717, 1.165) is 50.7 Å². The summed E-state index contributed by atoms with van der Waals surface area (Å²) in [5.41, 5.74) is 7.38. The molecular formula is C37H23N5S. The molecule has 9 aromatic rings. The van der Waals surface area contributed by atoms with E-state index in [9.17, 15) is 0 Å². The van der Waals surface area contributed by atoms with Crippen molar-refractivity contribution in [1.82, 2.24) is 24.3 Å². The van der Waals surface area contributed by atoms with Crippen LogP contribution in [0.2, 0.25) is 0 Å². The van der Waals surface area contributed by atoms with Crippen LogP contribution >= 0.6 is 11.3 Å². The summed E-state index contributed by atoms with van der Waals surface area (Å²) in [6, 6.07) is 46.4. The molecule has 0 fully saturated rings. The van der Waals surface area contributed by atoms with Crippen LogP contribution in [0.4, 0.5) is 0 Å². The SMILES string of the molecule is c1ccc(-c2nnc(-c3ccc(-n4c5cccnc5c5c6sc7ccccc7c6ccc54)cc3)n2-c2ccccc2)cc1. The lowest BCUT2D eigenvalue weighted by Crippen LogP contribution is -2.00. The van der Waals surface area contributed by atoms with Gasteiger partial charge in [-0.15, -0.1) is 21.5 Å². The molecule has 5 aromatic carbocycles. The molecule has 0 N–H and O–H groups in total. The second kappa shape index (κ2) is 9.48. The van der Waals surface area contributed by atoms with Crippen molar-refractivity contribution < 1.29 is 0 Å². The van der Waals surface area contributed by atoms with Crippen molar-refractivity contribution in [3.63, 3.8) is 0 Å². The molecule has 0 saturated heterocycles. The fraction of sp³-hybridized carbons (Fsp3) is 0. The monoisotopic (exact) mass is 569 g/mol. The van der Waals surface area contributed by atoms with Gasteiger partial charge in [-0.05, 0) is 60.7 Å². The molecule has 43 heavy (non-hydrogen) atoms. The van der Waals surface area contributed by atoms with E-state index in [0.29, 0.717) is 0 Å². The molecule has 0 aliphatic rings. The van der Waals surface area contributed by atoms with Gasteiger partial charge in [-0.3, -0.25) is 9.55 Å². The van der Waals surface area contributed by atoms with Gasteiger partial charge in [0, 0.05) is 54.3 Å². The smallest absolute Gasteiger partial charge is 0.168 e. The van der Waals surface area contributed by atoms with Crippen LogP contribution in [0.1, 0.15) is 0 Å². The first-order valence-electron chi connectivity index (χ1n) is 14.2. The van der Waals surface area contributed by atoms with Gasteiger partial charge in [0.15, 0.2) is 11.6 Å². The number of benzene rings is 5. The van der Waals surface area contributed by atoms with Crippen LogP contribution in [0.3, 0.4) is 0 Å². The predicted octanol–water partition coefficient (Wildman–Crippen LogP) is 9.46. The minimum absolute atomic E-state index is 0.799. The highest BCUT2D eigenvalue weighted by Gasteiger charge is 2.20. The average Bonchev–Trinajstić information content (AvgIpc) is 3.78. The first-order valence-corrected chi connectivity index (χ1v) is 15.0. The van der Waals surface area contributed by atoms with E-state index < -0.39 is 0 Å². The molecule has 0 aliphatic heterocycles. The Bertz CT molecular complexity index is 2440. The van der Waals surface area contributed by atoms with E-state index >= 15 is 0 Å². The van der Waals surface area contributed by atoms with Crippen LogP contribution in [0, 0.1) is 0 Å². The number of pyridine rings is 1. The van der Waals surface area contributed by atoms with Gasteiger partial charge in [-0.25, -0.2) is 0 Å². The topological polar surface area (TPSA) is 48.5 Å². The van der Waals surface area contributed by atoms with Gasteiger partial charge in [-0.1, -0.05) is 72.8 Å². The Morgan fingerprint density at radius 1 is 0.488 bits per heavy atom. The summed E-state index contributed by atoms with van der Waals surface area (Å²) in [7, 11) is 0. The summed E-state index contributed by atoms with van der Waals surface area (Å²) < 4.78 is 7.03. The van der Waals surface area contributed by atoms with E-state index in [1.807, 2.05) is 60.0 Å². The molecule has 0 amide bonds. The average molecular weight is 570 g/mol. The summed E-state index contributed by atoms with van der Waals surface area (Å²) >= 11 is 1.84. The third-order valence-corrected chi connectivity index (χ3v) is 9.33. The number of rotatable bonds is 4. The van der Waals surface area contributed by atoms with Gasteiger partial charge in [0.1, 0.15) is 0 Å². The number of fused-ring (bicyclic) bond motifs is 7. The van der Waals surface area contributed by atoms with Crippen LogP contribution in [-0.2, 0) is 0 Å². The molecule has 6 heteroatoms. The third kappa shape index (κ3) is 3.67. The van der Waals surface area contributed by atoms with Crippen molar-refractivity contribution in [2.24, 2.45) is 0 Å². The van der Waals surface area contributed by atoms with Gasteiger partial charge < -0.3 is 4.57 Å². The van der Waals surface area contributed by atoms with Crippen LogP contribution in [0.25, 0.3) is 76.3 Å². The Morgan fingerprint density at radius 2 is 1.16 bits per heavy atom. The quantitative estimate of drug-likeness (QED) is 0.212. The molecule has 9 rings (SSSR count). The maximum atomic E-state index is 4.88. The fourth-order valence-electron chi connectivity index (χ4n) is 6.20. The van der Waals surface area contributed by atoms with Crippen LogP contribution in [-0.4, -0.2) is 24.3 Å². The molecule has 0 bridgehead atoms. The molecule has 0 saturated carbocycles. The zero-order chi connectivity index (χ0) is 28.3. The Balaban J connectivity index is 1.23. The van der Waals surface area contributed by atoms with Gasteiger partial charge in [0.2, 0.25) is 0 Å². The van der Waals surface area contributed by atoms with Crippen molar-refractivity contribution in [3.05, 3.63) is 140 Å². The molecular weight excluding hydrogens is 547 g/mol. The number of aromatic nitrogens is 5. The number of hydrogen-bond acceptors (Lipinski definition) is 4. The standard InChI is InChI=1S/C37H23N5S/c1-3-10-24(11-4-1)36-39-40-37(42(36)26-12-5-2-6-13-26)25-17-19-27(20-18-25)41-30-22-21-29-28-14-7-8-16-32(28)43-35(29)33(30)34-31(41)15-9-23-38-34/h1-23H. The summed E-state index contributed by atoms with van der Waals surface area (Å²) in [4.78, 5) is 4.88. The highest BCUT2D eigenvalue weighted by Crippen LogP contribution is 2.42. The lowest BCUT2D eigenvalue weighted by molar-refractivity contribution is 1.07. The summed E-state index contributed by atoms with van der Waals surface area (Å²) in [6.07, 6.45) is 1.89. The van der Waals surface area contributed by atoms with Gasteiger partial charge in [-0.2, -0.15) is 0 Å². The van der Waals surface area contributed by atoms with Crippen molar-refractivity contribution in [2.45, 2.75) is 0 Å². The van der Waals surface area contributed by atoms with Crippen LogP contribution in [0.5, 0.6) is 0 Å². The van der Waals surface area contributed by atoms with Gasteiger partial charge in [0.05, 0.1) is 16.6 Å². The molecule has 0 spiro atoms. The zero-order valence-electron chi connectivity index (χ0n) is 22.9. The molecule has 0 atom stereocenters. The highest BCUT2D eigenvalue weighted by molar-refractivity contribution is 7.26. The Labute approximate surface area is 250 Å². The lowest BCUT2D eigenvalue weighted by Gasteiger charge is -2.12. The number of para-hydroxylation sites is 1. The van der Waals surface area contributed by atoms with Crippen LogP contribution in [0.15, 0.2) is 140 Å². The van der Waals surface area contributed by atoms with E-state index in [1.165, 1.54) is 25.6 Å². The predicted molar refractivity (Wildman–Crippen MR) is 177 cm³/mol. The molecule has 202 valence electrons. The molecule has 0 aliphatic carbocycles. The van der Waals surface area contributed by atoms with Crippen molar-refractivity contribution in [3.8, 4) is 34.2 Å². The minimum Gasteiger partial charge on any atom is -0.308 e.